The van der Waals surface area contributed by atoms with E-state index < -0.39 is 0 Å². The number of halogens is 1. The van der Waals surface area contributed by atoms with Gasteiger partial charge in [0.25, 0.3) is 0 Å². The fourth-order valence-electron chi connectivity index (χ4n) is 2.76. The van der Waals surface area contributed by atoms with Gasteiger partial charge in [0.1, 0.15) is 5.82 Å². The van der Waals surface area contributed by atoms with E-state index in [0.29, 0.717) is 28.8 Å². The summed E-state index contributed by atoms with van der Waals surface area (Å²) >= 11 is 3.52. The zero-order valence-electron chi connectivity index (χ0n) is 15.1. The molecule has 0 fully saturated rings. The Bertz CT molecular complexity index is 962. The monoisotopic (exact) mass is 416 g/mol. The summed E-state index contributed by atoms with van der Waals surface area (Å²) in [5.41, 5.74) is 9.14. The number of rotatable bonds is 5. The van der Waals surface area contributed by atoms with Crippen molar-refractivity contribution in [3.8, 4) is 11.5 Å². The van der Waals surface area contributed by atoms with Crippen molar-refractivity contribution in [2.75, 3.05) is 25.3 Å². The van der Waals surface area contributed by atoms with Crippen LogP contribution in [-0.4, -0.2) is 24.2 Å². The summed E-state index contributed by atoms with van der Waals surface area (Å²) in [7, 11) is 3.17. The second kappa shape index (κ2) is 7.37. The van der Waals surface area contributed by atoms with Crippen LogP contribution in [0.4, 0.5) is 11.8 Å². The first-order chi connectivity index (χ1) is 12.4. The normalized spacial score (nSPS) is 12.0. The molecular weight excluding hydrogens is 396 g/mol. The van der Waals surface area contributed by atoms with Gasteiger partial charge in [-0.15, -0.1) is 0 Å². The average Bonchev–Trinajstić information content (AvgIpc) is 2.62. The van der Waals surface area contributed by atoms with E-state index in [1.54, 1.807) is 26.4 Å². The highest BCUT2D eigenvalue weighted by molar-refractivity contribution is 9.10. The summed E-state index contributed by atoms with van der Waals surface area (Å²) in [4.78, 5) is 8.97. The lowest BCUT2D eigenvalue weighted by molar-refractivity contribution is 0.356. The molecule has 136 valence electrons. The second-order valence-electron chi connectivity index (χ2n) is 6.03. The molecule has 0 bridgehead atoms. The predicted molar refractivity (Wildman–Crippen MR) is 108 cm³/mol. The third kappa shape index (κ3) is 3.53. The maximum atomic E-state index is 6.14. The van der Waals surface area contributed by atoms with E-state index in [2.05, 4.69) is 57.2 Å². The smallest absolute Gasteiger partial charge is 0.225 e. The van der Waals surface area contributed by atoms with E-state index in [1.165, 1.54) is 5.56 Å². The number of nitrogens with zero attached hydrogens (tertiary/aromatic N) is 2. The molecule has 0 spiro atoms. The molecule has 3 rings (SSSR count). The second-order valence-corrected chi connectivity index (χ2v) is 6.89. The number of benzene rings is 2. The summed E-state index contributed by atoms with van der Waals surface area (Å²) in [5, 5.41) is 4.04. The highest BCUT2D eigenvalue weighted by Gasteiger charge is 2.14. The van der Waals surface area contributed by atoms with E-state index >= 15 is 0 Å². The molecule has 0 aliphatic rings. The van der Waals surface area contributed by atoms with Crippen molar-refractivity contribution in [3.05, 3.63) is 45.9 Å². The predicted octanol–water partition coefficient (Wildman–Crippen LogP) is 4.47. The van der Waals surface area contributed by atoms with Gasteiger partial charge in [0.2, 0.25) is 5.95 Å². The minimum atomic E-state index is 0.0267. The summed E-state index contributed by atoms with van der Waals surface area (Å²) in [6, 6.07) is 9.84. The molecule has 0 aliphatic carbocycles. The molecule has 0 aliphatic heterocycles. The van der Waals surface area contributed by atoms with E-state index in [0.717, 1.165) is 15.4 Å². The Balaban J connectivity index is 1.96. The quantitative estimate of drug-likeness (QED) is 0.638. The zero-order chi connectivity index (χ0) is 18.8. The Morgan fingerprint density at radius 2 is 1.77 bits per heavy atom. The number of methoxy groups -OCH3 is 2. The van der Waals surface area contributed by atoms with Gasteiger partial charge in [0.05, 0.1) is 25.8 Å². The molecule has 6 nitrogen and oxygen atoms in total. The van der Waals surface area contributed by atoms with Crippen molar-refractivity contribution in [2.24, 2.45) is 0 Å². The van der Waals surface area contributed by atoms with Crippen LogP contribution in [0.2, 0.25) is 0 Å². The van der Waals surface area contributed by atoms with Crippen LogP contribution in [-0.2, 0) is 0 Å². The first kappa shape index (κ1) is 18.3. The van der Waals surface area contributed by atoms with Gasteiger partial charge in [0, 0.05) is 15.9 Å². The van der Waals surface area contributed by atoms with Crippen LogP contribution in [0.25, 0.3) is 10.9 Å². The fourth-order valence-corrected chi connectivity index (χ4v) is 3.00. The van der Waals surface area contributed by atoms with Crippen molar-refractivity contribution >= 4 is 38.6 Å². The van der Waals surface area contributed by atoms with Crippen molar-refractivity contribution < 1.29 is 9.47 Å². The number of anilines is 2. The molecule has 2 aromatic carbocycles. The Morgan fingerprint density at radius 1 is 1.08 bits per heavy atom. The topological polar surface area (TPSA) is 82.3 Å². The Kier molecular flexibility index (Phi) is 5.18. The van der Waals surface area contributed by atoms with Gasteiger partial charge in [-0.25, -0.2) is 4.98 Å². The summed E-state index contributed by atoms with van der Waals surface area (Å²) in [5.74, 6) is 2.04. The number of aryl methyl sites for hydroxylation is 1. The molecule has 0 radical (unpaired) electrons. The number of hydrogen-bond donors (Lipinski definition) is 2. The lowest BCUT2D eigenvalue weighted by Crippen LogP contribution is -2.11. The highest BCUT2D eigenvalue weighted by atomic mass is 79.9. The lowest BCUT2D eigenvalue weighted by Gasteiger charge is -2.16. The number of hydrogen-bond acceptors (Lipinski definition) is 6. The van der Waals surface area contributed by atoms with Crippen LogP contribution in [0.5, 0.6) is 11.5 Å². The van der Waals surface area contributed by atoms with Gasteiger partial charge in [0.15, 0.2) is 11.5 Å². The summed E-state index contributed by atoms with van der Waals surface area (Å²) in [6.07, 6.45) is 0. The molecule has 0 amide bonds. The highest BCUT2D eigenvalue weighted by Crippen LogP contribution is 2.34. The molecule has 26 heavy (non-hydrogen) atoms. The Labute approximate surface area is 160 Å². The van der Waals surface area contributed by atoms with Gasteiger partial charge in [-0.2, -0.15) is 4.98 Å². The van der Waals surface area contributed by atoms with Gasteiger partial charge in [-0.3, -0.25) is 0 Å². The SMILES string of the molecule is COc1cc2nc(N[C@@H](C)c3ccc(Br)c(C)c3)nc(N)c2cc1OC. The largest absolute Gasteiger partial charge is 0.493 e. The van der Waals surface area contributed by atoms with Crippen molar-refractivity contribution in [1.29, 1.82) is 0 Å². The lowest BCUT2D eigenvalue weighted by atomic mass is 10.1. The number of fused-ring (bicyclic) bond motifs is 1. The maximum Gasteiger partial charge on any atom is 0.225 e. The molecule has 3 N–H and O–H groups in total. The molecule has 0 saturated heterocycles. The van der Waals surface area contributed by atoms with Gasteiger partial charge < -0.3 is 20.5 Å². The Hall–Kier alpha value is -2.54. The van der Waals surface area contributed by atoms with Crippen LogP contribution in [0.15, 0.2) is 34.8 Å². The number of nitrogens with two attached hydrogens (primary N) is 1. The molecule has 0 unspecified atom stereocenters. The molecule has 3 aromatic rings. The zero-order valence-corrected chi connectivity index (χ0v) is 16.7. The minimum absolute atomic E-state index is 0.0267. The van der Waals surface area contributed by atoms with Gasteiger partial charge in [-0.1, -0.05) is 28.1 Å². The molecule has 7 heteroatoms. The van der Waals surface area contributed by atoms with Crippen LogP contribution in [0, 0.1) is 6.92 Å². The number of nitrogens with one attached hydrogen (secondary N) is 1. The summed E-state index contributed by atoms with van der Waals surface area (Å²) in [6.45, 7) is 4.12. The molecular formula is C19H21BrN4O2. The number of aromatic nitrogens is 2. The third-order valence-electron chi connectivity index (χ3n) is 4.26. The van der Waals surface area contributed by atoms with E-state index in [4.69, 9.17) is 15.2 Å². The maximum absolute atomic E-state index is 6.14. The fraction of sp³-hybridized carbons (Fsp3) is 0.263. The Morgan fingerprint density at radius 3 is 2.42 bits per heavy atom. The molecule has 1 aromatic heterocycles. The van der Waals surface area contributed by atoms with E-state index in [-0.39, 0.29) is 6.04 Å². The van der Waals surface area contributed by atoms with E-state index in [1.807, 2.05) is 6.07 Å². The molecule has 1 heterocycles. The first-order valence-corrected chi connectivity index (χ1v) is 8.94. The first-order valence-electron chi connectivity index (χ1n) is 8.14. The van der Waals surface area contributed by atoms with Crippen LogP contribution < -0.4 is 20.5 Å². The van der Waals surface area contributed by atoms with Gasteiger partial charge in [-0.05, 0) is 37.1 Å². The third-order valence-corrected chi connectivity index (χ3v) is 5.15. The molecule has 1 atom stereocenters. The number of ether oxygens (including phenoxy) is 2. The van der Waals surface area contributed by atoms with Crippen molar-refractivity contribution in [1.82, 2.24) is 9.97 Å². The minimum Gasteiger partial charge on any atom is -0.493 e. The van der Waals surface area contributed by atoms with Gasteiger partial charge >= 0.3 is 0 Å². The van der Waals surface area contributed by atoms with Crippen LogP contribution in [0.3, 0.4) is 0 Å². The number of nitrogen functional groups attached to an aromatic ring is 1. The van der Waals surface area contributed by atoms with Crippen molar-refractivity contribution in [2.45, 2.75) is 19.9 Å². The molecule has 0 saturated carbocycles. The van der Waals surface area contributed by atoms with Crippen molar-refractivity contribution in [3.63, 3.8) is 0 Å². The average molecular weight is 417 g/mol. The van der Waals surface area contributed by atoms with Crippen LogP contribution >= 0.6 is 15.9 Å². The summed E-state index contributed by atoms with van der Waals surface area (Å²) < 4.78 is 11.7. The standard InChI is InChI=1S/C19H21BrN4O2/c1-10-7-12(5-6-14(10)20)11(2)22-19-23-15-9-17(26-4)16(25-3)8-13(15)18(21)24-19/h5-9,11H,1-4H3,(H3,21,22,23,24)/t11-/m0/s1. The van der Waals surface area contributed by atoms with E-state index in [9.17, 15) is 0 Å². The van der Waals surface area contributed by atoms with Crippen LogP contribution in [0.1, 0.15) is 24.1 Å².